The van der Waals surface area contributed by atoms with E-state index in [0.717, 1.165) is 0 Å². The maximum absolute atomic E-state index is 12.1. The van der Waals surface area contributed by atoms with Crippen LogP contribution in [-0.2, 0) is 20.8 Å². The van der Waals surface area contributed by atoms with Gasteiger partial charge in [0.2, 0.25) is 5.91 Å². The van der Waals surface area contributed by atoms with E-state index in [4.69, 9.17) is 22.3 Å². The minimum absolute atomic E-state index is 0.130. The molecule has 0 saturated carbocycles. The Morgan fingerprint density at radius 2 is 1.75 bits per heavy atom. The van der Waals surface area contributed by atoms with Crippen molar-refractivity contribution in [1.82, 2.24) is 0 Å². The number of ketones is 1. The number of rotatable bonds is 7. The molecule has 0 radical (unpaired) electrons. The number of carboxylic acid groups (broad SMARTS) is 1. The lowest BCUT2D eigenvalue weighted by Gasteiger charge is -2.27. The number of nitrogens with two attached hydrogens (primary N) is 3. The number of aliphatic carboxylic acids is 1. The molecule has 0 aliphatic carbocycles. The molecule has 7 heteroatoms. The number of carbonyl (C=O) groups excluding carboxylic acids is 2. The summed E-state index contributed by atoms with van der Waals surface area (Å²) in [6, 6.07) is 7.19. The summed E-state index contributed by atoms with van der Waals surface area (Å²) >= 11 is 0. The van der Waals surface area contributed by atoms with E-state index in [1.165, 1.54) is 0 Å². The summed E-state index contributed by atoms with van der Waals surface area (Å²) in [7, 11) is 0. The maximum atomic E-state index is 12.1. The van der Waals surface area contributed by atoms with Crippen molar-refractivity contribution in [1.29, 1.82) is 0 Å². The van der Waals surface area contributed by atoms with Crippen molar-refractivity contribution < 1.29 is 19.5 Å². The van der Waals surface area contributed by atoms with Crippen LogP contribution in [0.3, 0.4) is 0 Å². The number of carbonyl (C=O) groups is 3. The Morgan fingerprint density at radius 1 is 1.20 bits per heavy atom. The third-order valence-corrected chi connectivity index (χ3v) is 2.94. The van der Waals surface area contributed by atoms with Crippen LogP contribution in [0, 0.1) is 0 Å². The Balaban J connectivity index is 3.00. The fraction of sp³-hybridized carbons (Fsp3) is 0.308. The first-order valence-electron chi connectivity index (χ1n) is 5.91. The van der Waals surface area contributed by atoms with E-state index in [2.05, 4.69) is 0 Å². The lowest BCUT2D eigenvalue weighted by Crippen LogP contribution is -2.64. The predicted octanol–water partition coefficient (Wildman–Crippen LogP) is -1.22. The third-order valence-electron chi connectivity index (χ3n) is 2.94. The number of hydrogen-bond donors (Lipinski definition) is 4. The van der Waals surface area contributed by atoms with Crippen LogP contribution in [0.15, 0.2) is 30.3 Å². The molecule has 0 spiro atoms. The normalized spacial score (nSPS) is 15.1. The average molecular weight is 279 g/mol. The molecule has 108 valence electrons. The van der Waals surface area contributed by atoms with Crippen LogP contribution in [0.5, 0.6) is 0 Å². The van der Waals surface area contributed by atoms with Crippen molar-refractivity contribution in [3.05, 3.63) is 35.9 Å². The van der Waals surface area contributed by atoms with Gasteiger partial charge in [-0.3, -0.25) is 14.4 Å². The molecule has 0 fully saturated rings. The molecule has 2 atom stereocenters. The zero-order valence-electron chi connectivity index (χ0n) is 10.8. The van der Waals surface area contributed by atoms with Crippen molar-refractivity contribution >= 4 is 17.7 Å². The van der Waals surface area contributed by atoms with Gasteiger partial charge in [-0.15, -0.1) is 0 Å². The first-order chi connectivity index (χ1) is 9.27. The summed E-state index contributed by atoms with van der Waals surface area (Å²) in [6.45, 7) is 0. The number of hydrogen-bond acceptors (Lipinski definition) is 5. The van der Waals surface area contributed by atoms with Crippen LogP contribution in [0.25, 0.3) is 0 Å². The van der Waals surface area contributed by atoms with Gasteiger partial charge in [0.15, 0.2) is 11.3 Å². The summed E-state index contributed by atoms with van der Waals surface area (Å²) in [5.41, 5.74) is 15.1. The molecule has 1 rings (SSSR count). The van der Waals surface area contributed by atoms with Crippen molar-refractivity contribution in [3.63, 3.8) is 0 Å². The van der Waals surface area contributed by atoms with Gasteiger partial charge in [0, 0.05) is 6.42 Å². The van der Waals surface area contributed by atoms with Gasteiger partial charge < -0.3 is 22.3 Å². The molecule has 20 heavy (non-hydrogen) atoms. The van der Waals surface area contributed by atoms with Crippen LogP contribution >= 0.6 is 0 Å². The summed E-state index contributed by atoms with van der Waals surface area (Å²) in [5.74, 6) is -3.17. The molecule has 0 aliphatic heterocycles. The monoisotopic (exact) mass is 279 g/mol. The van der Waals surface area contributed by atoms with Gasteiger partial charge in [0.25, 0.3) is 0 Å². The molecule has 0 aromatic heterocycles. The van der Waals surface area contributed by atoms with E-state index in [1.807, 2.05) is 0 Å². The van der Waals surface area contributed by atoms with Gasteiger partial charge in [-0.05, 0) is 5.56 Å². The molecule has 1 amide bonds. The zero-order chi connectivity index (χ0) is 15.3. The maximum Gasteiger partial charge on any atom is 0.305 e. The van der Waals surface area contributed by atoms with E-state index in [0.29, 0.717) is 5.56 Å². The summed E-state index contributed by atoms with van der Waals surface area (Å²) < 4.78 is 0. The highest BCUT2D eigenvalue weighted by molar-refractivity contribution is 6.12. The van der Waals surface area contributed by atoms with E-state index in [1.54, 1.807) is 30.3 Å². The molecule has 0 saturated heterocycles. The first kappa shape index (κ1) is 15.8. The first-order valence-corrected chi connectivity index (χ1v) is 5.91. The highest BCUT2D eigenvalue weighted by atomic mass is 16.4. The number of Topliss-reactive ketones (excluding diaryl/α,β-unsaturated/α-hetero) is 1. The molecule has 0 heterocycles. The van der Waals surface area contributed by atoms with Gasteiger partial charge in [0.05, 0.1) is 12.5 Å². The lowest BCUT2D eigenvalue weighted by atomic mass is 9.83. The number of carboxylic acids is 1. The Hall–Kier alpha value is -2.25. The Morgan fingerprint density at radius 3 is 2.20 bits per heavy atom. The van der Waals surface area contributed by atoms with Gasteiger partial charge in [-0.25, -0.2) is 0 Å². The minimum atomic E-state index is -2.02. The van der Waals surface area contributed by atoms with Crippen molar-refractivity contribution in [2.75, 3.05) is 0 Å². The number of primary amides is 1. The lowest BCUT2D eigenvalue weighted by molar-refractivity contribution is -0.142. The van der Waals surface area contributed by atoms with Crippen molar-refractivity contribution in [2.24, 2.45) is 17.2 Å². The molecule has 0 bridgehead atoms. The minimum Gasteiger partial charge on any atom is -0.481 e. The van der Waals surface area contributed by atoms with Crippen LogP contribution in [0.1, 0.15) is 12.0 Å². The van der Waals surface area contributed by atoms with Gasteiger partial charge in [-0.1, -0.05) is 30.3 Å². The zero-order valence-corrected chi connectivity index (χ0v) is 10.8. The van der Waals surface area contributed by atoms with E-state index in [9.17, 15) is 14.4 Å². The molecule has 0 aliphatic rings. The summed E-state index contributed by atoms with van der Waals surface area (Å²) in [4.78, 5) is 34.2. The van der Waals surface area contributed by atoms with Crippen molar-refractivity contribution in [3.8, 4) is 0 Å². The molecular weight excluding hydrogens is 262 g/mol. The molecule has 1 aromatic carbocycles. The average Bonchev–Trinajstić information content (AvgIpc) is 2.37. The van der Waals surface area contributed by atoms with Crippen LogP contribution in [0.4, 0.5) is 0 Å². The molecule has 0 unspecified atom stereocenters. The van der Waals surface area contributed by atoms with E-state index >= 15 is 0 Å². The van der Waals surface area contributed by atoms with Gasteiger partial charge in [-0.2, -0.15) is 0 Å². The second-order valence-corrected chi connectivity index (χ2v) is 4.57. The molecule has 7 N–H and O–H groups in total. The summed E-state index contributed by atoms with van der Waals surface area (Å²) in [5, 5.41) is 8.64. The number of benzene rings is 1. The Labute approximate surface area is 115 Å². The molecular formula is C13H17N3O4. The standard InChI is InChI=1S/C13H17N3O4/c14-9(6-10(17)18)11(19)13(16,12(15)20)7-8-4-2-1-3-5-8/h1-5,9H,6-7,14,16H2,(H2,15,20)(H,17,18)/t9-,13+/m0/s1. The van der Waals surface area contributed by atoms with Crippen LogP contribution in [-0.4, -0.2) is 34.3 Å². The predicted molar refractivity (Wildman–Crippen MR) is 71.5 cm³/mol. The van der Waals surface area contributed by atoms with Crippen LogP contribution < -0.4 is 17.2 Å². The van der Waals surface area contributed by atoms with E-state index < -0.39 is 35.7 Å². The number of amides is 1. The highest BCUT2D eigenvalue weighted by Gasteiger charge is 2.43. The second kappa shape index (κ2) is 6.27. The topological polar surface area (TPSA) is 150 Å². The van der Waals surface area contributed by atoms with Gasteiger partial charge >= 0.3 is 5.97 Å². The smallest absolute Gasteiger partial charge is 0.305 e. The SMILES string of the molecule is NC(=O)[C@@](N)(Cc1ccccc1)C(=O)[C@@H](N)CC(=O)O. The Kier molecular flexibility index (Phi) is 4.95. The van der Waals surface area contributed by atoms with Crippen LogP contribution in [0.2, 0.25) is 0 Å². The van der Waals surface area contributed by atoms with Crippen molar-refractivity contribution in [2.45, 2.75) is 24.4 Å². The third kappa shape index (κ3) is 3.62. The van der Waals surface area contributed by atoms with Gasteiger partial charge in [0.1, 0.15) is 0 Å². The molecule has 7 nitrogen and oxygen atoms in total. The quantitative estimate of drug-likeness (QED) is 0.460. The molecule has 1 aromatic rings. The Bertz CT molecular complexity index is 518. The second-order valence-electron chi connectivity index (χ2n) is 4.57. The summed E-state index contributed by atoms with van der Waals surface area (Å²) in [6.07, 6.45) is -0.741. The highest BCUT2D eigenvalue weighted by Crippen LogP contribution is 2.14. The fourth-order valence-corrected chi connectivity index (χ4v) is 1.83. The fourth-order valence-electron chi connectivity index (χ4n) is 1.83. The van der Waals surface area contributed by atoms with E-state index in [-0.39, 0.29) is 6.42 Å². The largest absolute Gasteiger partial charge is 0.481 e.